The molecule has 0 aromatic heterocycles. The van der Waals surface area contributed by atoms with Gasteiger partial charge in [0.1, 0.15) is 48.3 Å². The molecule has 142 valence electrons. The lowest BCUT2D eigenvalue weighted by molar-refractivity contribution is -0.234. The predicted molar refractivity (Wildman–Crippen MR) is 77.0 cm³/mol. The van der Waals surface area contributed by atoms with Crippen molar-refractivity contribution in [2.24, 2.45) is 0 Å². The van der Waals surface area contributed by atoms with Gasteiger partial charge in [-0.1, -0.05) is 0 Å². The third kappa shape index (κ3) is 3.58. The van der Waals surface area contributed by atoms with Crippen LogP contribution in [-0.2, 0) is 14.2 Å². The quantitative estimate of drug-likeness (QED) is 0.248. The van der Waals surface area contributed by atoms with Gasteiger partial charge in [0.2, 0.25) is 0 Å². The molecule has 2 heterocycles. The molecule has 2 fully saturated rings. The highest BCUT2D eigenvalue weighted by atomic mass is 16.6. The third-order valence-electron chi connectivity index (χ3n) is 4.66. The molecule has 24 heavy (non-hydrogen) atoms. The van der Waals surface area contributed by atoms with Gasteiger partial charge in [0, 0.05) is 0 Å². The molecule has 10 nitrogen and oxygen atoms in total. The Balaban J connectivity index is 1.93. The monoisotopic (exact) mass is 354 g/mol. The molecule has 0 radical (unpaired) electrons. The molecular weight excluding hydrogens is 328 g/mol. The molecule has 10 heteroatoms. The number of hydrogen-bond acceptors (Lipinski definition) is 10. The van der Waals surface area contributed by atoms with Crippen molar-refractivity contribution in [2.75, 3.05) is 26.4 Å². The van der Waals surface area contributed by atoms with Crippen molar-refractivity contribution in [3.05, 3.63) is 0 Å². The van der Waals surface area contributed by atoms with Crippen LogP contribution in [0.4, 0.5) is 0 Å². The molecule has 2 saturated heterocycles. The molecule has 7 N–H and O–H groups in total. The molecule has 0 saturated carbocycles. The maximum absolute atomic E-state index is 10.0. The van der Waals surface area contributed by atoms with Crippen LogP contribution in [0.15, 0.2) is 0 Å². The minimum atomic E-state index is -1.61. The standard InChI is InChI=1S/C14H26O10/c1-6-9(17)12(20)10(18)8(23-6)3-22-5-14(4-16)13(21)11(19)7(2-15)24-14/h6-13,15-21H,2-5H2,1H3/t6?,7?,8?,9-,10-,11+,12-,13-,14+/m1/s1. The third-order valence-corrected chi connectivity index (χ3v) is 4.66. The zero-order chi connectivity index (χ0) is 18.1. The van der Waals surface area contributed by atoms with Crippen molar-refractivity contribution < 1.29 is 50.0 Å². The Bertz CT molecular complexity index is 409. The summed E-state index contributed by atoms with van der Waals surface area (Å²) in [5.41, 5.74) is -1.61. The van der Waals surface area contributed by atoms with E-state index in [1.807, 2.05) is 0 Å². The van der Waals surface area contributed by atoms with Crippen molar-refractivity contribution in [2.45, 2.75) is 61.4 Å². The van der Waals surface area contributed by atoms with Gasteiger partial charge in [0.05, 0.1) is 32.5 Å². The first kappa shape index (κ1) is 19.9. The Labute approximate surface area is 138 Å². The maximum atomic E-state index is 10.0. The van der Waals surface area contributed by atoms with E-state index in [1.165, 1.54) is 6.92 Å². The number of hydrogen-bond donors (Lipinski definition) is 7. The highest BCUT2D eigenvalue weighted by Crippen LogP contribution is 2.32. The van der Waals surface area contributed by atoms with E-state index in [0.29, 0.717) is 0 Å². The van der Waals surface area contributed by atoms with Crippen molar-refractivity contribution in [3.8, 4) is 0 Å². The largest absolute Gasteiger partial charge is 0.394 e. The second kappa shape index (κ2) is 7.87. The maximum Gasteiger partial charge on any atom is 0.143 e. The molecule has 0 aromatic rings. The minimum Gasteiger partial charge on any atom is -0.394 e. The molecule has 0 aromatic carbocycles. The van der Waals surface area contributed by atoms with Crippen LogP contribution in [0, 0.1) is 0 Å². The van der Waals surface area contributed by atoms with E-state index in [4.69, 9.17) is 19.3 Å². The van der Waals surface area contributed by atoms with E-state index in [0.717, 1.165) is 0 Å². The molecule has 0 amide bonds. The van der Waals surface area contributed by atoms with Crippen LogP contribution >= 0.6 is 0 Å². The number of aliphatic hydroxyl groups excluding tert-OH is 7. The fourth-order valence-corrected chi connectivity index (χ4v) is 3.02. The Morgan fingerprint density at radius 3 is 2.12 bits per heavy atom. The van der Waals surface area contributed by atoms with E-state index >= 15 is 0 Å². The summed E-state index contributed by atoms with van der Waals surface area (Å²) >= 11 is 0. The highest BCUT2D eigenvalue weighted by Gasteiger charge is 2.54. The van der Waals surface area contributed by atoms with E-state index in [-0.39, 0.29) is 13.2 Å². The summed E-state index contributed by atoms with van der Waals surface area (Å²) < 4.78 is 16.0. The lowest BCUT2D eigenvalue weighted by atomic mass is 9.95. The summed E-state index contributed by atoms with van der Waals surface area (Å²) in [5.74, 6) is 0. The van der Waals surface area contributed by atoms with E-state index in [2.05, 4.69) is 0 Å². The first-order valence-electron chi connectivity index (χ1n) is 7.80. The lowest BCUT2D eigenvalue weighted by Crippen LogP contribution is -2.58. The van der Waals surface area contributed by atoms with E-state index in [1.54, 1.807) is 0 Å². The van der Waals surface area contributed by atoms with Gasteiger partial charge in [-0.15, -0.1) is 0 Å². The molecule has 0 bridgehead atoms. The first-order chi connectivity index (χ1) is 11.3. The summed E-state index contributed by atoms with van der Waals surface area (Å²) in [4.78, 5) is 0. The Morgan fingerprint density at radius 1 is 0.917 bits per heavy atom. The van der Waals surface area contributed by atoms with Gasteiger partial charge in [0.25, 0.3) is 0 Å². The number of rotatable bonds is 6. The van der Waals surface area contributed by atoms with Gasteiger partial charge in [-0.3, -0.25) is 0 Å². The Kier molecular flexibility index (Phi) is 6.53. The van der Waals surface area contributed by atoms with Crippen LogP contribution < -0.4 is 0 Å². The summed E-state index contributed by atoms with van der Waals surface area (Å²) in [6, 6.07) is 0. The van der Waals surface area contributed by atoms with Gasteiger partial charge >= 0.3 is 0 Å². The molecule has 0 aliphatic carbocycles. The van der Waals surface area contributed by atoms with Crippen LogP contribution in [-0.4, -0.2) is 117 Å². The van der Waals surface area contributed by atoms with Crippen LogP contribution in [0.2, 0.25) is 0 Å². The van der Waals surface area contributed by atoms with Crippen molar-refractivity contribution in [1.82, 2.24) is 0 Å². The van der Waals surface area contributed by atoms with Crippen LogP contribution in [0.5, 0.6) is 0 Å². The van der Waals surface area contributed by atoms with Crippen molar-refractivity contribution in [1.29, 1.82) is 0 Å². The molecule has 2 rings (SSSR count). The number of aliphatic hydroxyl groups is 7. The molecular formula is C14H26O10. The fraction of sp³-hybridized carbons (Fsp3) is 1.00. The van der Waals surface area contributed by atoms with Gasteiger partial charge in [-0.2, -0.15) is 0 Å². The van der Waals surface area contributed by atoms with Crippen LogP contribution in [0.3, 0.4) is 0 Å². The normalized spacial score (nSPS) is 49.5. The fourth-order valence-electron chi connectivity index (χ4n) is 3.02. The van der Waals surface area contributed by atoms with Crippen LogP contribution in [0.25, 0.3) is 0 Å². The van der Waals surface area contributed by atoms with E-state index in [9.17, 15) is 30.6 Å². The zero-order valence-electron chi connectivity index (χ0n) is 13.3. The molecule has 9 atom stereocenters. The van der Waals surface area contributed by atoms with Gasteiger partial charge in [0.15, 0.2) is 0 Å². The van der Waals surface area contributed by atoms with Gasteiger partial charge in [-0.05, 0) is 6.92 Å². The van der Waals surface area contributed by atoms with Crippen molar-refractivity contribution in [3.63, 3.8) is 0 Å². The molecule has 2 aliphatic heterocycles. The first-order valence-corrected chi connectivity index (χ1v) is 7.80. The summed E-state index contributed by atoms with van der Waals surface area (Å²) in [5, 5.41) is 67.7. The highest BCUT2D eigenvalue weighted by molar-refractivity contribution is 5.02. The summed E-state index contributed by atoms with van der Waals surface area (Å²) in [6.07, 6.45) is -9.51. The topological polar surface area (TPSA) is 169 Å². The Hall–Kier alpha value is -0.400. The van der Waals surface area contributed by atoms with Crippen LogP contribution in [0.1, 0.15) is 6.92 Å². The molecule has 3 unspecified atom stereocenters. The number of ether oxygens (including phenoxy) is 3. The Morgan fingerprint density at radius 2 is 1.58 bits per heavy atom. The van der Waals surface area contributed by atoms with Crippen molar-refractivity contribution >= 4 is 0 Å². The summed E-state index contributed by atoms with van der Waals surface area (Å²) in [6.45, 7) is -0.196. The van der Waals surface area contributed by atoms with Gasteiger partial charge < -0.3 is 50.0 Å². The SMILES string of the molecule is CC1OC(COC[C@]2(CO)OC(CO)[C@H](O)[C@H]2O)[C@@H](O)[C@H](O)[C@@H]1O. The minimum absolute atomic E-state index is 0.201. The summed E-state index contributed by atoms with van der Waals surface area (Å²) in [7, 11) is 0. The lowest BCUT2D eigenvalue weighted by Gasteiger charge is -2.39. The van der Waals surface area contributed by atoms with Gasteiger partial charge in [-0.25, -0.2) is 0 Å². The average Bonchev–Trinajstić information content (AvgIpc) is 2.82. The zero-order valence-corrected chi connectivity index (χ0v) is 13.3. The average molecular weight is 354 g/mol. The second-order valence-corrected chi connectivity index (χ2v) is 6.36. The smallest absolute Gasteiger partial charge is 0.143 e. The molecule has 2 aliphatic rings. The molecule has 0 spiro atoms. The van der Waals surface area contributed by atoms with E-state index < -0.39 is 67.6 Å². The second-order valence-electron chi connectivity index (χ2n) is 6.36. The predicted octanol–water partition coefficient (Wildman–Crippen LogP) is -4.28.